The number of hydrogen-bond donors (Lipinski definition) is 4. The number of aliphatic carboxylic acids is 1. The Hall–Kier alpha value is -2.16. The van der Waals surface area contributed by atoms with Crippen molar-refractivity contribution in [1.82, 2.24) is 0 Å². The average Bonchev–Trinajstić information content (AvgIpc) is 2.52. The van der Waals surface area contributed by atoms with Crippen molar-refractivity contribution >= 4 is 11.9 Å². The van der Waals surface area contributed by atoms with Crippen LogP contribution in [0.5, 0.6) is 5.75 Å². The molecule has 0 aliphatic heterocycles. The van der Waals surface area contributed by atoms with Crippen LogP contribution in [0.1, 0.15) is 23.2 Å². The molecule has 2 atom stereocenters. The van der Waals surface area contributed by atoms with Crippen molar-refractivity contribution in [3.63, 3.8) is 0 Å². The highest BCUT2D eigenvalue weighted by Gasteiger charge is 2.52. The van der Waals surface area contributed by atoms with E-state index in [1.54, 1.807) is 0 Å². The molecule has 0 unspecified atom stereocenters. The summed E-state index contributed by atoms with van der Waals surface area (Å²) in [4.78, 5) is 23.7. The van der Waals surface area contributed by atoms with Gasteiger partial charge >= 0.3 is 11.9 Å². The molecule has 0 aromatic heterocycles. The molecule has 0 saturated heterocycles. The summed E-state index contributed by atoms with van der Waals surface area (Å²) in [5.41, 5.74) is -2.00. The summed E-state index contributed by atoms with van der Waals surface area (Å²) in [6.45, 7) is 0. The van der Waals surface area contributed by atoms with Crippen molar-refractivity contribution in [3.8, 4) is 5.75 Å². The first-order chi connectivity index (χ1) is 10.8. The van der Waals surface area contributed by atoms with Crippen LogP contribution in [0, 0.1) is 0 Å². The van der Waals surface area contributed by atoms with Crippen molar-refractivity contribution < 1.29 is 39.5 Å². The Bertz CT molecular complexity index is 570. The minimum Gasteiger partial charge on any atom is -0.497 e. The minimum absolute atomic E-state index is 0.0986. The Morgan fingerprint density at radius 3 is 2.04 bits per heavy atom. The molecule has 0 heterocycles. The van der Waals surface area contributed by atoms with Crippen LogP contribution in [0.25, 0.3) is 0 Å². The third-order valence-corrected chi connectivity index (χ3v) is 3.87. The summed E-state index contributed by atoms with van der Waals surface area (Å²) in [5.74, 6) is -1.89. The van der Waals surface area contributed by atoms with E-state index in [1.165, 1.54) is 31.4 Å². The van der Waals surface area contributed by atoms with Gasteiger partial charge in [-0.3, -0.25) is 0 Å². The van der Waals surface area contributed by atoms with Gasteiger partial charge < -0.3 is 29.9 Å². The van der Waals surface area contributed by atoms with Gasteiger partial charge in [-0.25, -0.2) is 9.59 Å². The van der Waals surface area contributed by atoms with Crippen LogP contribution in [0.2, 0.25) is 0 Å². The number of esters is 1. The van der Waals surface area contributed by atoms with E-state index in [0.29, 0.717) is 5.75 Å². The lowest BCUT2D eigenvalue weighted by Gasteiger charge is -2.40. The Labute approximate surface area is 131 Å². The molecule has 1 fully saturated rings. The molecule has 2 rings (SSSR count). The number of hydrogen-bond acceptors (Lipinski definition) is 7. The van der Waals surface area contributed by atoms with Crippen LogP contribution >= 0.6 is 0 Å². The summed E-state index contributed by atoms with van der Waals surface area (Å²) in [7, 11) is 1.46. The number of aliphatic hydroxyl groups excluding tert-OH is 3. The van der Waals surface area contributed by atoms with E-state index in [4.69, 9.17) is 9.47 Å². The van der Waals surface area contributed by atoms with E-state index in [-0.39, 0.29) is 5.56 Å². The Morgan fingerprint density at radius 1 is 1.09 bits per heavy atom. The zero-order valence-corrected chi connectivity index (χ0v) is 12.4. The summed E-state index contributed by atoms with van der Waals surface area (Å²) in [5, 5.41) is 38.3. The number of benzene rings is 1. The van der Waals surface area contributed by atoms with Gasteiger partial charge in [0.2, 0.25) is 5.60 Å². The second-order valence-electron chi connectivity index (χ2n) is 5.45. The SMILES string of the molecule is COc1ccc(C(=O)OC2(C(=O)O)C[C@@H](O)C(O)[C@H](O)C2)cc1. The maximum atomic E-state index is 12.2. The van der Waals surface area contributed by atoms with E-state index in [9.17, 15) is 30.0 Å². The standard InChI is InChI=1S/C15H18O8/c1-22-9-4-2-8(3-5-9)13(19)23-15(14(20)21)6-10(16)12(18)11(17)7-15/h2-5,10-12,16-18H,6-7H2,1H3,(H,20,21)/t10-,11-,12?,15?/m1/s1. The zero-order valence-electron chi connectivity index (χ0n) is 12.4. The monoisotopic (exact) mass is 326 g/mol. The summed E-state index contributed by atoms with van der Waals surface area (Å²) < 4.78 is 10.0. The van der Waals surface area contributed by atoms with Crippen molar-refractivity contribution in [1.29, 1.82) is 0 Å². The number of methoxy groups -OCH3 is 1. The first-order valence-corrected chi connectivity index (χ1v) is 6.94. The maximum Gasteiger partial charge on any atom is 0.348 e. The van der Waals surface area contributed by atoms with Crippen molar-refractivity contribution in [2.75, 3.05) is 7.11 Å². The molecule has 8 heteroatoms. The van der Waals surface area contributed by atoms with E-state index in [2.05, 4.69) is 0 Å². The van der Waals surface area contributed by atoms with E-state index >= 15 is 0 Å². The summed E-state index contributed by atoms with van der Waals surface area (Å²) >= 11 is 0. The molecule has 0 radical (unpaired) electrons. The predicted molar refractivity (Wildman–Crippen MR) is 76.0 cm³/mol. The lowest BCUT2D eigenvalue weighted by Crippen LogP contribution is -2.58. The highest BCUT2D eigenvalue weighted by atomic mass is 16.6. The molecule has 126 valence electrons. The molecule has 4 N–H and O–H groups in total. The third-order valence-electron chi connectivity index (χ3n) is 3.87. The highest BCUT2D eigenvalue weighted by molar-refractivity contribution is 5.92. The average molecular weight is 326 g/mol. The first kappa shape index (κ1) is 17.2. The smallest absolute Gasteiger partial charge is 0.348 e. The fourth-order valence-electron chi connectivity index (χ4n) is 2.52. The van der Waals surface area contributed by atoms with E-state index in [1.807, 2.05) is 0 Å². The number of rotatable bonds is 4. The van der Waals surface area contributed by atoms with Crippen LogP contribution < -0.4 is 4.74 Å². The summed E-state index contributed by atoms with van der Waals surface area (Å²) in [6.07, 6.45) is -5.54. The van der Waals surface area contributed by atoms with Crippen LogP contribution in [-0.2, 0) is 9.53 Å². The van der Waals surface area contributed by atoms with Gasteiger partial charge in [0.15, 0.2) is 0 Å². The second kappa shape index (κ2) is 6.53. The number of ether oxygens (including phenoxy) is 2. The highest BCUT2D eigenvalue weighted by Crippen LogP contribution is 2.34. The number of carbonyl (C=O) groups is 2. The quantitative estimate of drug-likeness (QED) is 0.547. The van der Waals surface area contributed by atoms with Crippen molar-refractivity contribution in [2.45, 2.75) is 36.8 Å². The zero-order chi connectivity index (χ0) is 17.2. The van der Waals surface area contributed by atoms with Crippen molar-refractivity contribution in [2.24, 2.45) is 0 Å². The molecule has 1 aliphatic rings. The fourth-order valence-corrected chi connectivity index (χ4v) is 2.52. The van der Waals surface area contributed by atoms with Crippen LogP contribution in [0.15, 0.2) is 24.3 Å². The number of carboxylic acid groups (broad SMARTS) is 1. The van der Waals surface area contributed by atoms with E-state index < -0.39 is 48.7 Å². The van der Waals surface area contributed by atoms with Gasteiger partial charge in [-0.05, 0) is 24.3 Å². The van der Waals surface area contributed by atoms with Gasteiger partial charge in [0.25, 0.3) is 0 Å². The topological polar surface area (TPSA) is 134 Å². The number of aliphatic hydroxyl groups is 3. The molecule has 23 heavy (non-hydrogen) atoms. The van der Waals surface area contributed by atoms with Crippen LogP contribution in [0.3, 0.4) is 0 Å². The molecule has 1 aliphatic carbocycles. The molecule has 0 spiro atoms. The van der Waals surface area contributed by atoms with Gasteiger partial charge in [-0.1, -0.05) is 0 Å². The molecule has 0 amide bonds. The molecule has 0 bridgehead atoms. The molecule has 8 nitrogen and oxygen atoms in total. The normalized spacial score (nSPS) is 30.5. The Kier molecular flexibility index (Phi) is 4.88. The van der Waals surface area contributed by atoms with Crippen molar-refractivity contribution in [3.05, 3.63) is 29.8 Å². The number of carboxylic acids is 1. The van der Waals surface area contributed by atoms with Gasteiger partial charge in [0.05, 0.1) is 24.9 Å². The lowest BCUT2D eigenvalue weighted by atomic mass is 9.79. The van der Waals surface area contributed by atoms with Crippen LogP contribution in [-0.4, -0.2) is 63.4 Å². The molecular weight excluding hydrogens is 308 g/mol. The largest absolute Gasteiger partial charge is 0.497 e. The molecular formula is C15H18O8. The summed E-state index contributed by atoms with van der Waals surface area (Å²) in [6, 6.07) is 5.83. The lowest BCUT2D eigenvalue weighted by molar-refractivity contribution is -0.187. The van der Waals surface area contributed by atoms with Gasteiger partial charge in [0, 0.05) is 12.8 Å². The molecule has 1 aromatic carbocycles. The third kappa shape index (κ3) is 3.44. The minimum atomic E-state index is -2.10. The van der Waals surface area contributed by atoms with E-state index in [0.717, 1.165) is 0 Å². The first-order valence-electron chi connectivity index (χ1n) is 6.94. The van der Waals surface area contributed by atoms with Gasteiger partial charge in [-0.15, -0.1) is 0 Å². The number of carbonyl (C=O) groups excluding carboxylic acids is 1. The second-order valence-corrected chi connectivity index (χ2v) is 5.45. The van der Waals surface area contributed by atoms with Crippen LogP contribution in [0.4, 0.5) is 0 Å². The molecule has 1 aromatic rings. The van der Waals surface area contributed by atoms with Gasteiger partial charge in [-0.2, -0.15) is 0 Å². The Balaban J connectivity index is 2.22. The predicted octanol–water partition coefficient (Wildman–Crippen LogP) is -0.448. The maximum absolute atomic E-state index is 12.2. The molecule has 1 saturated carbocycles. The fraction of sp³-hybridized carbons (Fsp3) is 0.467. The van der Waals surface area contributed by atoms with Gasteiger partial charge in [0.1, 0.15) is 11.9 Å². The Morgan fingerprint density at radius 2 is 1.61 bits per heavy atom.